The van der Waals surface area contributed by atoms with E-state index in [0.29, 0.717) is 28.8 Å². The summed E-state index contributed by atoms with van der Waals surface area (Å²) in [5.74, 6) is -2.43. The molecule has 1 N–H and O–H groups in total. The van der Waals surface area contributed by atoms with E-state index in [1.807, 2.05) is 26.0 Å². The van der Waals surface area contributed by atoms with Crippen LogP contribution in [0.25, 0.3) is 11.0 Å². The highest BCUT2D eigenvalue weighted by Crippen LogP contribution is 2.27. The van der Waals surface area contributed by atoms with Crippen LogP contribution in [-0.2, 0) is 6.54 Å². The zero-order valence-electron chi connectivity index (χ0n) is 13.8. The van der Waals surface area contributed by atoms with Crippen molar-refractivity contribution >= 4 is 28.4 Å². The average molecular weight is 361 g/mol. The molecule has 0 aliphatic heterocycles. The molecule has 6 heteroatoms. The van der Waals surface area contributed by atoms with Crippen LogP contribution in [0.15, 0.2) is 56.6 Å². The third-order valence-corrected chi connectivity index (χ3v) is 4.80. The van der Waals surface area contributed by atoms with Crippen molar-refractivity contribution in [2.24, 2.45) is 0 Å². The SMILES string of the molecule is Cc1ccc2c(CNc3ccc(SC(F)F)cc3)cc(=O)oc2c1C. The molecule has 0 atom stereocenters. The molecule has 3 aromatic rings. The second-order valence-corrected chi connectivity index (χ2v) is 6.79. The number of thioether (sulfide) groups is 1. The maximum absolute atomic E-state index is 12.3. The molecule has 0 aliphatic rings. The Hall–Kier alpha value is -2.34. The van der Waals surface area contributed by atoms with E-state index in [2.05, 4.69) is 5.32 Å². The van der Waals surface area contributed by atoms with E-state index >= 15 is 0 Å². The Morgan fingerprint density at radius 1 is 1.12 bits per heavy atom. The van der Waals surface area contributed by atoms with Crippen LogP contribution in [0.2, 0.25) is 0 Å². The number of fused-ring (bicyclic) bond motifs is 1. The molecule has 0 saturated carbocycles. The Morgan fingerprint density at radius 3 is 2.52 bits per heavy atom. The summed E-state index contributed by atoms with van der Waals surface area (Å²) in [4.78, 5) is 12.4. The highest BCUT2D eigenvalue weighted by molar-refractivity contribution is 7.99. The van der Waals surface area contributed by atoms with Crippen molar-refractivity contribution in [3.05, 3.63) is 69.6 Å². The zero-order valence-corrected chi connectivity index (χ0v) is 14.6. The highest BCUT2D eigenvalue weighted by atomic mass is 32.2. The minimum atomic E-state index is -2.43. The van der Waals surface area contributed by atoms with Gasteiger partial charge in [-0.3, -0.25) is 0 Å². The third kappa shape index (κ3) is 4.02. The zero-order chi connectivity index (χ0) is 18.0. The molecule has 0 unspecified atom stereocenters. The van der Waals surface area contributed by atoms with E-state index in [1.165, 1.54) is 6.07 Å². The van der Waals surface area contributed by atoms with E-state index in [9.17, 15) is 13.6 Å². The summed E-state index contributed by atoms with van der Waals surface area (Å²) >= 11 is 0.514. The van der Waals surface area contributed by atoms with Crippen molar-refractivity contribution in [3.8, 4) is 0 Å². The number of alkyl halides is 2. The van der Waals surface area contributed by atoms with Crippen LogP contribution in [0.1, 0.15) is 16.7 Å². The third-order valence-electron chi connectivity index (χ3n) is 4.08. The normalized spacial score (nSPS) is 11.2. The van der Waals surface area contributed by atoms with Crippen LogP contribution >= 0.6 is 11.8 Å². The van der Waals surface area contributed by atoms with Gasteiger partial charge in [-0.05, 0) is 54.8 Å². The summed E-state index contributed by atoms with van der Waals surface area (Å²) in [6, 6.07) is 12.2. The number of hydrogen-bond donors (Lipinski definition) is 1. The summed E-state index contributed by atoms with van der Waals surface area (Å²) in [6.07, 6.45) is 0. The molecule has 0 bridgehead atoms. The maximum Gasteiger partial charge on any atom is 0.336 e. The van der Waals surface area contributed by atoms with Gasteiger partial charge in [0.1, 0.15) is 5.58 Å². The molecule has 1 heterocycles. The molecule has 0 radical (unpaired) electrons. The predicted octanol–water partition coefficient (Wildman–Crippen LogP) is 5.34. The smallest absolute Gasteiger partial charge is 0.336 e. The van der Waals surface area contributed by atoms with Gasteiger partial charge in [-0.25, -0.2) is 4.79 Å². The van der Waals surface area contributed by atoms with Gasteiger partial charge >= 0.3 is 5.63 Å². The Balaban J connectivity index is 1.84. The predicted molar refractivity (Wildman–Crippen MR) is 97.6 cm³/mol. The van der Waals surface area contributed by atoms with E-state index in [-0.39, 0.29) is 5.63 Å². The first-order valence-electron chi connectivity index (χ1n) is 7.76. The van der Waals surface area contributed by atoms with Crippen molar-refractivity contribution in [2.45, 2.75) is 31.0 Å². The summed E-state index contributed by atoms with van der Waals surface area (Å²) in [5.41, 5.74) is 3.86. The summed E-state index contributed by atoms with van der Waals surface area (Å²) in [7, 11) is 0. The molecule has 0 fully saturated rings. The fourth-order valence-corrected chi connectivity index (χ4v) is 3.12. The first-order chi connectivity index (χ1) is 11.9. The Labute approximate surface area is 148 Å². The first-order valence-corrected chi connectivity index (χ1v) is 8.63. The second-order valence-electron chi connectivity index (χ2n) is 5.73. The average Bonchev–Trinajstić information content (AvgIpc) is 2.57. The van der Waals surface area contributed by atoms with E-state index in [0.717, 1.165) is 27.8 Å². The summed E-state index contributed by atoms with van der Waals surface area (Å²) < 4.78 is 30.1. The number of halogens is 2. The molecular formula is C19H17F2NO2S. The molecule has 3 nitrogen and oxygen atoms in total. The molecular weight excluding hydrogens is 344 g/mol. The summed E-state index contributed by atoms with van der Waals surface area (Å²) in [6.45, 7) is 4.34. The lowest BCUT2D eigenvalue weighted by atomic mass is 10.0. The van der Waals surface area contributed by atoms with Gasteiger partial charge < -0.3 is 9.73 Å². The van der Waals surface area contributed by atoms with Crippen LogP contribution < -0.4 is 10.9 Å². The van der Waals surface area contributed by atoms with Gasteiger partial charge in [-0.15, -0.1) is 0 Å². The van der Waals surface area contributed by atoms with Gasteiger partial charge in [0, 0.05) is 28.6 Å². The Morgan fingerprint density at radius 2 is 1.84 bits per heavy atom. The maximum atomic E-state index is 12.3. The molecule has 25 heavy (non-hydrogen) atoms. The van der Waals surface area contributed by atoms with Crippen LogP contribution in [0.3, 0.4) is 0 Å². The molecule has 130 valence electrons. The van der Waals surface area contributed by atoms with E-state index in [4.69, 9.17) is 4.42 Å². The topological polar surface area (TPSA) is 42.2 Å². The van der Waals surface area contributed by atoms with Crippen molar-refractivity contribution < 1.29 is 13.2 Å². The van der Waals surface area contributed by atoms with Crippen LogP contribution in [-0.4, -0.2) is 5.76 Å². The number of benzene rings is 2. The highest BCUT2D eigenvalue weighted by Gasteiger charge is 2.10. The lowest BCUT2D eigenvalue weighted by Crippen LogP contribution is -2.06. The van der Waals surface area contributed by atoms with Crippen LogP contribution in [0.4, 0.5) is 14.5 Å². The number of nitrogens with one attached hydrogen (secondary N) is 1. The van der Waals surface area contributed by atoms with E-state index in [1.54, 1.807) is 24.3 Å². The van der Waals surface area contributed by atoms with Crippen molar-refractivity contribution in [2.75, 3.05) is 5.32 Å². The fourth-order valence-electron chi connectivity index (χ4n) is 2.62. The lowest BCUT2D eigenvalue weighted by Gasteiger charge is -2.11. The lowest BCUT2D eigenvalue weighted by molar-refractivity contribution is 0.252. The largest absolute Gasteiger partial charge is 0.422 e. The van der Waals surface area contributed by atoms with Crippen molar-refractivity contribution in [1.82, 2.24) is 0 Å². The minimum absolute atomic E-state index is 0.387. The van der Waals surface area contributed by atoms with Gasteiger partial charge in [0.25, 0.3) is 5.76 Å². The van der Waals surface area contributed by atoms with Gasteiger partial charge in [-0.2, -0.15) is 8.78 Å². The number of aryl methyl sites for hydroxylation is 2. The van der Waals surface area contributed by atoms with E-state index < -0.39 is 5.76 Å². The monoisotopic (exact) mass is 361 g/mol. The van der Waals surface area contributed by atoms with Crippen LogP contribution in [0, 0.1) is 13.8 Å². The van der Waals surface area contributed by atoms with Crippen molar-refractivity contribution in [1.29, 1.82) is 0 Å². The summed E-state index contributed by atoms with van der Waals surface area (Å²) in [5, 5.41) is 4.11. The molecule has 1 aromatic heterocycles. The molecule has 0 spiro atoms. The molecule has 2 aromatic carbocycles. The Kier molecular flexibility index (Phi) is 5.08. The standard InChI is InChI=1S/C19H17F2NO2S/c1-11-3-8-16-13(9-17(23)24-18(16)12(11)2)10-22-14-4-6-15(7-5-14)25-19(20)21/h3-9,19,22H,10H2,1-2H3. The fraction of sp³-hybridized carbons (Fsp3) is 0.211. The van der Waals surface area contributed by atoms with Gasteiger partial charge in [0.05, 0.1) is 0 Å². The first kappa shape index (κ1) is 17.5. The quantitative estimate of drug-likeness (QED) is 0.492. The molecule has 3 rings (SSSR count). The second kappa shape index (κ2) is 7.27. The van der Waals surface area contributed by atoms with Crippen LogP contribution in [0.5, 0.6) is 0 Å². The molecule has 0 aliphatic carbocycles. The number of anilines is 1. The number of rotatable bonds is 5. The van der Waals surface area contributed by atoms with Gasteiger partial charge in [0.15, 0.2) is 0 Å². The van der Waals surface area contributed by atoms with Gasteiger partial charge in [0.2, 0.25) is 0 Å². The molecule has 0 amide bonds. The minimum Gasteiger partial charge on any atom is -0.422 e. The van der Waals surface area contributed by atoms with Gasteiger partial charge in [-0.1, -0.05) is 23.9 Å². The number of hydrogen-bond acceptors (Lipinski definition) is 4. The molecule has 0 saturated heterocycles. The Bertz CT molecular complexity index is 952. The van der Waals surface area contributed by atoms with Crippen molar-refractivity contribution in [3.63, 3.8) is 0 Å².